The van der Waals surface area contributed by atoms with Gasteiger partial charge in [0.15, 0.2) is 12.0 Å². The number of rotatable bonds is 4. The number of ether oxygens (including phenoxy) is 1. The van der Waals surface area contributed by atoms with Gasteiger partial charge in [0.05, 0.1) is 6.61 Å². The fraction of sp³-hybridized carbons (Fsp3) is 0.294. The minimum Gasteiger partial charge on any atom is -0.463 e. The number of likely N-dealkylation sites (N-methyl/N-ethyl adjacent to an activating group) is 1. The molecule has 0 fully saturated rings. The SMILES string of the molecule is CCOC(=O)C1NC(NC)=CN1C.O=Cc1cc2ccccc2o1. The largest absolute Gasteiger partial charge is 0.463 e. The first kappa shape index (κ1) is 17.4. The van der Waals surface area contributed by atoms with Gasteiger partial charge in [-0.05, 0) is 19.1 Å². The third-order valence-corrected chi connectivity index (χ3v) is 3.37. The van der Waals surface area contributed by atoms with Crippen molar-refractivity contribution in [1.29, 1.82) is 0 Å². The van der Waals surface area contributed by atoms with Gasteiger partial charge in [0, 0.05) is 25.7 Å². The number of hydrogen-bond acceptors (Lipinski definition) is 7. The number of para-hydroxylation sites is 1. The zero-order valence-electron chi connectivity index (χ0n) is 13.9. The summed E-state index contributed by atoms with van der Waals surface area (Å²) < 4.78 is 10.0. The molecule has 0 amide bonds. The molecule has 2 aromatic rings. The predicted molar refractivity (Wildman–Crippen MR) is 90.1 cm³/mol. The number of benzene rings is 1. The normalized spacial score (nSPS) is 15.9. The van der Waals surface area contributed by atoms with Gasteiger partial charge in [-0.1, -0.05) is 18.2 Å². The molecule has 0 aliphatic carbocycles. The van der Waals surface area contributed by atoms with Gasteiger partial charge < -0.3 is 24.7 Å². The molecule has 0 radical (unpaired) electrons. The summed E-state index contributed by atoms with van der Waals surface area (Å²) in [5, 5.41) is 6.87. The molecule has 0 saturated carbocycles. The highest BCUT2D eigenvalue weighted by Crippen LogP contribution is 2.16. The topological polar surface area (TPSA) is 83.8 Å². The summed E-state index contributed by atoms with van der Waals surface area (Å²) in [4.78, 5) is 23.4. The van der Waals surface area contributed by atoms with E-state index < -0.39 is 6.17 Å². The van der Waals surface area contributed by atoms with Gasteiger partial charge in [-0.25, -0.2) is 4.79 Å². The Morgan fingerprint density at radius 1 is 1.46 bits per heavy atom. The fourth-order valence-electron chi connectivity index (χ4n) is 2.21. The Balaban J connectivity index is 0.000000175. The number of nitrogens with one attached hydrogen (secondary N) is 2. The maximum absolute atomic E-state index is 11.3. The quantitative estimate of drug-likeness (QED) is 0.651. The number of aldehydes is 1. The predicted octanol–water partition coefficient (Wildman–Crippen LogP) is 1.67. The summed E-state index contributed by atoms with van der Waals surface area (Å²) in [5.41, 5.74) is 0.759. The van der Waals surface area contributed by atoms with Crippen molar-refractivity contribution in [3.05, 3.63) is 48.1 Å². The molecule has 2 N–H and O–H groups in total. The molecule has 3 rings (SSSR count). The third-order valence-electron chi connectivity index (χ3n) is 3.37. The first-order valence-electron chi connectivity index (χ1n) is 7.57. The van der Waals surface area contributed by atoms with E-state index in [2.05, 4.69) is 10.6 Å². The lowest BCUT2D eigenvalue weighted by atomic mass is 10.2. The smallest absolute Gasteiger partial charge is 0.349 e. The van der Waals surface area contributed by atoms with Crippen LogP contribution in [0.2, 0.25) is 0 Å². The van der Waals surface area contributed by atoms with Crippen LogP contribution in [0.1, 0.15) is 17.5 Å². The van der Waals surface area contributed by atoms with Crippen LogP contribution in [0.15, 0.2) is 46.8 Å². The molecule has 0 spiro atoms. The molecule has 2 heterocycles. The molecule has 128 valence electrons. The molecule has 1 atom stereocenters. The van der Waals surface area contributed by atoms with E-state index in [0.717, 1.165) is 16.8 Å². The summed E-state index contributed by atoms with van der Waals surface area (Å²) >= 11 is 0. The molecular formula is C17H21N3O4. The summed E-state index contributed by atoms with van der Waals surface area (Å²) in [6.07, 6.45) is 2.13. The number of carbonyl (C=O) groups excluding carboxylic acids is 2. The van der Waals surface area contributed by atoms with Crippen LogP contribution < -0.4 is 10.6 Å². The molecule has 24 heavy (non-hydrogen) atoms. The molecule has 1 aliphatic rings. The van der Waals surface area contributed by atoms with Gasteiger partial charge >= 0.3 is 5.97 Å². The highest BCUT2D eigenvalue weighted by Gasteiger charge is 2.28. The van der Waals surface area contributed by atoms with Crippen LogP contribution in [0, 0.1) is 0 Å². The van der Waals surface area contributed by atoms with E-state index in [0.29, 0.717) is 18.7 Å². The second-order valence-corrected chi connectivity index (χ2v) is 5.06. The van der Waals surface area contributed by atoms with Crippen molar-refractivity contribution in [3.8, 4) is 0 Å². The molecule has 1 aromatic carbocycles. The summed E-state index contributed by atoms with van der Waals surface area (Å²) in [5.74, 6) is 0.943. The minimum absolute atomic E-state index is 0.258. The van der Waals surface area contributed by atoms with Gasteiger partial charge in [-0.2, -0.15) is 0 Å². The summed E-state index contributed by atoms with van der Waals surface area (Å²) in [6.45, 7) is 2.19. The number of nitrogens with zero attached hydrogens (tertiary/aromatic N) is 1. The zero-order chi connectivity index (χ0) is 17.5. The number of hydrogen-bond donors (Lipinski definition) is 2. The lowest BCUT2D eigenvalue weighted by Crippen LogP contribution is -2.43. The Bertz CT molecular complexity index is 705. The monoisotopic (exact) mass is 331 g/mol. The first-order chi connectivity index (χ1) is 11.6. The van der Waals surface area contributed by atoms with Gasteiger partial charge in [0.2, 0.25) is 6.17 Å². The fourth-order valence-corrected chi connectivity index (χ4v) is 2.21. The Labute approximate surface area is 140 Å². The summed E-state index contributed by atoms with van der Waals surface area (Å²) in [7, 11) is 3.61. The molecular weight excluding hydrogens is 310 g/mol. The van der Waals surface area contributed by atoms with Gasteiger partial charge in [0.1, 0.15) is 11.4 Å². The minimum atomic E-state index is -0.401. The van der Waals surface area contributed by atoms with Crippen LogP contribution in [0.25, 0.3) is 11.0 Å². The number of carbonyl (C=O) groups is 2. The van der Waals surface area contributed by atoms with Crippen LogP contribution in [-0.2, 0) is 9.53 Å². The van der Waals surface area contributed by atoms with Crippen LogP contribution in [-0.4, -0.2) is 44.0 Å². The Morgan fingerprint density at radius 3 is 2.79 bits per heavy atom. The lowest BCUT2D eigenvalue weighted by Gasteiger charge is -2.18. The number of fused-ring (bicyclic) bond motifs is 1. The first-order valence-corrected chi connectivity index (χ1v) is 7.57. The van der Waals surface area contributed by atoms with Gasteiger partial charge in [-0.3, -0.25) is 4.79 Å². The van der Waals surface area contributed by atoms with E-state index in [1.807, 2.05) is 37.5 Å². The molecule has 7 heteroatoms. The van der Waals surface area contributed by atoms with E-state index in [1.54, 1.807) is 24.9 Å². The van der Waals surface area contributed by atoms with Gasteiger partial charge in [-0.15, -0.1) is 0 Å². The zero-order valence-corrected chi connectivity index (χ0v) is 13.9. The van der Waals surface area contributed by atoms with Crippen molar-refractivity contribution < 1.29 is 18.7 Å². The maximum atomic E-state index is 11.3. The standard InChI is InChI=1S/C9H6O2.C8H15N3O2/c10-6-8-5-7-3-1-2-4-9(7)11-8;1-4-13-8(12)7-10-6(9-2)5-11(7)3/h1-6H;5,7,9-10H,4H2,1-3H3. The van der Waals surface area contributed by atoms with Crippen molar-refractivity contribution in [2.75, 3.05) is 20.7 Å². The molecule has 1 aromatic heterocycles. The van der Waals surface area contributed by atoms with E-state index in [1.165, 1.54) is 0 Å². The Hall–Kier alpha value is -2.96. The molecule has 1 aliphatic heterocycles. The van der Waals surface area contributed by atoms with Crippen molar-refractivity contribution in [2.45, 2.75) is 13.1 Å². The number of furan rings is 1. The molecule has 1 unspecified atom stereocenters. The Kier molecular flexibility index (Phi) is 5.83. The van der Waals surface area contributed by atoms with Crippen LogP contribution in [0.4, 0.5) is 0 Å². The van der Waals surface area contributed by atoms with E-state index in [4.69, 9.17) is 9.15 Å². The average molecular weight is 331 g/mol. The van der Waals surface area contributed by atoms with E-state index in [-0.39, 0.29) is 5.97 Å². The summed E-state index contributed by atoms with van der Waals surface area (Å²) in [6, 6.07) is 9.25. The van der Waals surface area contributed by atoms with Crippen LogP contribution in [0.3, 0.4) is 0 Å². The Morgan fingerprint density at radius 2 is 2.21 bits per heavy atom. The lowest BCUT2D eigenvalue weighted by molar-refractivity contribution is -0.148. The second kappa shape index (κ2) is 8.05. The molecule has 0 saturated heterocycles. The highest BCUT2D eigenvalue weighted by atomic mass is 16.5. The molecule has 7 nitrogen and oxygen atoms in total. The third kappa shape index (κ3) is 4.07. The van der Waals surface area contributed by atoms with Crippen molar-refractivity contribution >= 4 is 23.2 Å². The highest BCUT2D eigenvalue weighted by molar-refractivity contribution is 5.84. The average Bonchev–Trinajstić information content (AvgIpc) is 3.18. The van der Waals surface area contributed by atoms with Crippen molar-refractivity contribution in [1.82, 2.24) is 15.5 Å². The second-order valence-electron chi connectivity index (χ2n) is 5.06. The molecule has 0 bridgehead atoms. The van der Waals surface area contributed by atoms with Crippen LogP contribution >= 0.6 is 0 Å². The van der Waals surface area contributed by atoms with Crippen molar-refractivity contribution in [3.63, 3.8) is 0 Å². The van der Waals surface area contributed by atoms with Crippen LogP contribution in [0.5, 0.6) is 0 Å². The van der Waals surface area contributed by atoms with E-state index >= 15 is 0 Å². The van der Waals surface area contributed by atoms with E-state index in [9.17, 15) is 9.59 Å². The maximum Gasteiger partial charge on any atom is 0.349 e. The van der Waals surface area contributed by atoms with Crippen molar-refractivity contribution in [2.24, 2.45) is 0 Å². The number of esters is 1. The van der Waals surface area contributed by atoms with Gasteiger partial charge in [0.25, 0.3) is 0 Å².